The fraction of sp³-hybridized carbons (Fsp3) is 0.467. The lowest BCUT2D eigenvalue weighted by Gasteiger charge is -2.09. The van der Waals surface area contributed by atoms with Crippen LogP contribution in [0.15, 0.2) is 22.6 Å². The van der Waals surface area contributed by atoms with Gasteiger partial charge in [0.05, 0.1) is 12.1 Å². The van der Waals surface area contributed by atoms with E-state index in [1.54, 1.807) is 0 Å². The van der Waals surface area contributed by atoms with Crippen molar-refractivity contribution in [2.75, 3.05) is 13.1 Å². The first kappa shape index (κ1) is 16.7. The van der Waals surface area contributed by atoms with Gasteiger partial charge in [-0.05, 0) is 25.0 Å². The van der Waals surface area contributed by atoms with E-state index in [0.29, 0.717) is 31.8 Å². The van der Waals surface area contributed by atoms with Gasteiger partial charge in [-0.25, -0.2) is 4.98 Å². The van der Waals surface area contributed by atoms with Crippen LogP contribution in [0.5, 0.6) is 0 Å². The number of rotatable bonds is 4. The second kappa shape index (κ2) is 7.09. The van der Waals surface area contributed by atoms with Crippen LogP contribution in [0.2, 0.25) is 0 Å². The first-order chi connectivity index (χ1) is 10.1. The normalized spacial score (nSPS) is 20.8. The number of nitrogens with one attached hydrogen (secondary N) is 2. The van der Waals surface area contributed by atoms with Crippen LogP contribution < -0.4 is 10.6 Å². The summed E-state index contributed by atoms with van der Waals surface area (Å²) in [6, 6.07) is 5.52. The molecule has 7 heteroatoms. The van der Waals surface area contributed by atoms with Crippen molar-refractivity contribution in [1.29, 1.82) is 0 Å². The fourth-order valence-electron chi connectivity index (χ4n) is 2.57. The zero-order valence-electron chi connectivity index (χ0n) is 12.3. The maximum absolute atomic E-state index is 11.9. The summed E-state index contributed by atoms with van der Waals surface area (Å²) in [5.74, 6) is 0.540. The molecule has 3 rings (SSSR count). The minimum Gasteiger partial charge on any atom is -0.441 e. The van der Waals surface area contributed by atoms with E-state index < -0.39 is 6.10 Å². The summed E-state index contributed by atoms with van der Waals surface area (Å²) < 4.78 is 5.66. The van der Waals surface area contributed by atoms with Crippen LogP contribution in [0.1, 0.15) is 17.9 Å². The average molecular weight is 326 g/mol. The molecule has 1 saturated heterocycles. The highest BCUT2D eigenvalue weighted by molar-refractivity contribution is 5.85. The lowest BCUT2D eigenvalue weighted by Crippen LogP contribution is -2.41. The van der Waals surface area contributed by atoms with Gasteiger partial charge in [0.15, 0.2) is 11.5 Å². The highest BCUT2D eigenvalue weighted by Gasteiger charge is 2.27. The number of benzene rings is 1. The number of carbonyl (C=O) groups excluding carboxylic acids is 1. The number of amides is 1. The van der Waals surface area contributed by atoms with Gasteiger partial charge in [0.1, 0.15) is 5.52 Å². The summed E-state index contributed by atoms with van der Waals surface area (Å²) in [4.78, 5) is 16.3. The molecule has 2 aromatic rings. The minimum atomic E-state index is -0.430. The zero-order valence-corrected chi connectivity index (χ0v) is 13.2. The average Bonchev–Trinajstić information content (AvgIpc) is 3.05. The van der Waals surface area contributed by atoms with Crippen LogP contribution >= 0.6 is 12.4 Å². The van der Waals surface area contributed by atoms with Gasteiger partial charge in [0, 0.05) is 19.5 Å². The first-order valence-corrected chi connectivity index (χ1v) is 7.17. The van der Waals surface area contributed by atoms with Crippen molar-refractivity contribution in [3.63, 3.8) is 0 Å². The third kappa shape index (κ3) is 3.58. The highest BCUT2D eigenvalue weighted by atomic mass is 35.5. The topological polar surface area (TPSA) is 87.4 Å². The van der Waals surface area contributed by atoms with Gasteiger partial charge in [0.2, 0.25) is 5.91 Å². The van der Waals surface area contributed by atoms with Gasteiger partial charge in [-0.3, -0.25) is 4.79 Å². The number of para-hydroxylation sites is 1. The van der Waals surface area contributed by atoms with Crippen molar-refractivity contribution in [2.24, 2.45) is 0 Å². The Bertz CT molecular complexity index is 659. The summed E-state index contributed by atoms with van der Waals surface area (Å²) in [7, 11) is 0. The van der Waals surface area contributed by atoms with Gasteiger partial charge in [0.25, 0.3) is 0 Å². The number of β-amino-alcohol motifs (C(OH)–C–C–N with tert-alkyl or cyclic N) is 1. The number of nitrogens with zero attached hydrogens (tertiary/aromatic N) is 1. The summed E-state index contributed by atoms with van der Waals surface area (Å²) in [6.07, 6.45) is 0.587. The van der Waals surface area contributed by atoms with E-state index in [2.05, 4.69) is 15.6 Å². The Labute approximate surface area is 134 Å². The highest BCUT2D eigenvalue weighted by Crippen LogP contribution is 2.18. The van der Waals surface area contributed by atoms with Crippen molar-refractivity contribution in [2.45, 2.75) is 31.9 Å². The molecule has 1 aromatic heterocycles. The van der Waals surface area contributed by atoms with Crippen molar-refractivity contribution in [3.05, 3.63) is 29.7 Å². The van der Waals surface area contributed by atoms with Crippen LogP contribution in [-0.4, -0.2) is 41.2 Å². The van der Waals surface area contributed by atoms with Gasteiger partial charge in [-0.15, -0.1) is 12.4 Å². The molecule has 1 amide bonds. The number of halogens is 1. The third-order valence-electron chi connectivity index (χ3n) is 3.73. The number of carbonyl (C=O) groups is 1. The molecule has 3 N–H and O–H groups in total. The van der Waals surface area contributed by atoms with Gasteiger partial charge in [-0.1, -0.05) is 12.1 Å². The Morgan fingerprint density at radius 1 is 1.55 bits per heavy atom. The minimum absolute atomic E-state index is 0. The molecule has 6 nitrogen and oxygen atoms in total. The molecule has 1 aliphatic heterocycles. The molecule has 22 heavy (non-hydrogen) atoms. The molecule has 0 spiro atoms. The summed E-state index contributed by atoms with van der Waals surface area (Å²) in [5, 5.41) is 15.2. The molecule has 1 aromatic carbocycles. The molecular weight excluding hydrogens is 306 g/mol. The van der Waals surface area contributed by atoms with Crippen molar-refractivity contribution >= 4 is 29.4 Å². The molecule has 0 radical (unpaired) electrons. The number of aliphatic hydroxyl groups is 1. The van der Waals surface area contributed by atoms with E-state index >= 15 is 0 Å². The molecule has 0 saturated carbocycles. The number of aromatic nitrogens is 1. The quantitative estimate of drug-likeness (QED) is 0.778. The number of aryl methyl sites for hydroxylation is 1. The molecule has 120 valence electrons. The monoisotopic (exact) mass is 325 g/mol. The van der Waals surface area contributed by atoms with Crippen molar-refractivity contribution in [3.8, 4) is 0 Å². The lowest BCUT2D eigenvalue weighted by atomic mass is 10.2. The molecule has 2 heterocycles. The number of fused-ring (bicyclic) bond motifs is 1. The fourth-order valence-corrected chi connectivity index (χ4v) is 2.57. The molecular formula is C15H20ClN3O3. The molecule has 2 atom stereocenters. The first-order valence-electron chi connectivity index (χ1n) is 7.17. The Morgan fingerprint density at radius 2 is 2.36 bits per heavy atom. The standard InChI is InChI=1S/C15H19N3O3.ClH/c1-9-3-2-4-12-14(9)18-13(21-12)5-6-16-15(20)11-7-10(19)8-17-11;/h2-4,10-11,17,19H,5-8H2,1H3,(H,16,20);1H/t10-,11-;/m1./s1. The Hall–Kier alpha value is -1.63. The van der Waals surface area contributed by atoms with Crippen LogP contribution in [0.4, 0.5) is 0 Å². The van der Waals surface area contributed by atoms with Crippen LogP contribution in [-0.2, 0) is 11.2 Å². The van der Waals surface area contributed by atoms with Crippen LogP contribution in [0.25, 0.3) is 11.1 Å². The summed E-state index contributed by atoms with van der Waals surface area (Å²) in [6.45, 7) is 2.94. The molecule has 0 bridgehead atoms. The largest absolute Gasteiger partial charge is 0.441 e. The number of hydrogen-bond donors (Lipinski definition) is 3. The van der Waals surface area contributed by atoms with Crippen molar-refractivity contribution < 1.29 is 14.3 Å². The molecule has 1 aliphatic rings. The van der Waals surface area contributed by atoms with Gasteiger partial charge >= 0.3 is 0 Å². The number of hydrogen-bond acceptors (Lipinski definition) is 5. The van der Waals surface area contributed by atoms with Gasteiger partial charge < -0.3 is 20.2 Å². The predicted octanol–water partition coefficient (Wildman–Crippen LogP) is 0.940. The Balaban J connectivity index is 0.00000176. The third-order valence-corrected chi connectivity index (χ3v) is 3.73. The number of oxazole rings is 1. The Morgan fingerprint density at radius 3 is 3.05 bits per heavy atom. The second-order valence-corrected chi connectivity index (χ2v) is 5.42. The van der Waals surface area contributed by atoms with Crippen LogP contribution in [0, 0.1) is 6.92 Å². The van der Waals surface area contributed by atoms with E-state index in [9.17, 15) is 9.90 Å². The van der Waals surface area contributed by atoms with Crippen molar-refractivity contribution in [1.82, 2.24) is 15.6 Å². The zero-order chi connectivity index (χ0) is 14.8. The summed E-state index contributed by atoms with van der Waals surface area (Å²) >= 11 is 0. The molecule has 1 fully saturated rings. The van der Waals surface area contributed by atoms with E-state index in [1.807, 2.05) is 25.1 Å². The summed E-state index contributed by atoms with van der Waals surface area (Å²) in [5.41, 5.74) is 2.73. The smallest absolute Gasteiger partial charge is 0.237 e. The van der Waals surface area contributed by atoms with E-state index in [0.717, 1.165) is 16.7 Å². The van der Waals surface area contributed by atoms with E-state index in [1.165, 1.54) is 0 Å². The maximum atomic E-state index is 11.9. The lowest BCUT2D eigenvalue weighted by molar-refractivity contribution is -0.122. The SMILES string of the molecule is Cc1cccc2oc(CCNC(=O)[C@H]3C[C@@H](O)CN3)nc12.Cl. The predicted molar refractivity (Wildman–Crippen MR) is 85.1 cm³/mol. The van der Waals surface area contributed by atoms with E-state index in [4.69, 9.17) is 4.42 Å². The van der Waals surface area contributed by atoms with E-state index in [-0.39, 0.29) is 24.4 Å². The molecule has 0 unspecified atom stereocenters. The molecule has 0 aliphatic carbocycles. The van der Waals surface area contributed by atoms with Crippen LogP contribution in [0.3, 0.4) is 0 Å². The Kier molecular flexibility index (Phi) is 5.39. The maximum Gasteiger partial charge on any atom is 0.237 e. The second-order valence-electron chi connectivity index (χ2n) is 5.42. The van der Waals surface area contributed by atoms with Gasteiger partial charge in [-0.2, -0.15) is 0 Å². The number of aliphatic hydroxyl groups excluding tert-OH is 1.